The third-order valence-electron chi connectivity index (χ3n) is 8.03. The molecule has 0 aliphatic rings. The fourth-order valence-corrected chi connectivity index (χ4v) is 5.58. The van der Waals surface area contributed by atoms with Gasteiger partial charge in [-0.15, -0.1) is 0 Å². The number of carboxylic acids is 2. The molecule has 0 aromatic heterocycles. The number of carbonyl (C=O) groups is 2. The molecule has 4 aromatic carbocycles. The second-order valence-corrected chi connectivity index (χ2v) is 11.4. The zero-order valence-corrected chi connectivity index (χ0v) is 26.2. The number of halogens is 2. The van der Waals surface area contributed by atoms with Crippen LogP contribution in [0.2, 0.25) is 0 Å². The molecule has 0 saturated heterocycles. The van der Waals surface area contributed by atoms with Crippen LogP contribution < -0.4 is 9.64 Å². The zero-order valence-electron chi connectivity index (χ0n) is 26.2. The maximum atomic E-state index is 14.7. The van der Waals surface area contributed by atoms with Crippen LogP contribution in [0.25, 0.3) is 22.3 Å². The van der Waals surface area contributed by atoms with Gasteiger partial charge in [-0.25, -0.2) is 8.78 Å². The van der Waals surface area contributed by atoms with Crippen molar-refractivity contribution in [3.05, 3.63) is 108 Å². The van der Waals surface area contributed by atoms with Gasteiger partial charge in [0, 0.05) is 43.2 Å². The molecule has 0 spiro atoms. The van der Waals surface area contributed by atoms with Gasteiger partial charge in [-0.1, -0.05) is 61.4 Å². The molecule has 0 amide bonds. The van der Waals surface area contributed by atoms with Crippen molar-refractivity contribution >= 4 is 17.6 Å². The molecule has 6 nitrogen and oxygen atoms in total. The Morgan fingerprint density at radius 1 is 0.696 bits per heavy atom. The summed E-state index contributed by atoms with van der Waals surface area (Å²) >= 11 is 0. The number of rotatable bonds is 18. The van der Waals surface area contributed by atoms with Crippen LogP contribution >= 0.6 is 0 Å². The van der Waals surface area contributed by atoms with E-state index in [0.29, 0.717) is 40.8 Å². The Bertz CT molecular complexity index is 1560. The maximum Gasteiger partial charge on any atom is 0.303 e. The van der Waals surface area contributed by atoms with Gasteiger partial charge in [-0.2, -0.15) is 0 Å². The van der Waals surface area contributed by atoms with Crippen molar-refractivity contribution in [2.45, 2.75) is 57.8 Å². The highest BCUT2D eigenvalue weighted by atomic mass is 19.1. The van der Waals surface area contributed by atoms with E-state index in [0.717, 1.165) is 55.5 Å². The standard InChI is InChI=1S/C38H41F2NO5/c1-41(30-25-28(31-14-5-7-16-34(31)39)24-29(26-30)32-15-6-8-17-35(32)40)22-9-3-2-4-12-27-13-10-18-36(33(27)20-21-38(44)45)46-23-11-19-37(42)43/h5-8,10,13-18,24-26H,2-4,9,11-12,19-23H2,1H3,(H,42,43)(H,44,45). The van der Waals surface area contributed by atoms with E-state index >= 15 is 0 Å². The van der Waals surface area contributed by atoms with Crippen molar-refractivity contribution in [3.63, 3.8) is 0 Å². The lowest BCUT2D eigenvalue weighted by Crippen LogP contribution is -2.18. The van der Waals surface area contributed by atoms with Gasteiger partial charge in [0.2, 0.25) is 0 Å². The first-order valence-corrected chi connectivity index (χ1v) is 15.8. The van der Waals surface area contributed by atoms with E-state index in [1.54, 1.807) is 36.4 Å². The molecule has 0 heterocycles. The Morgan fingerprint density at radius 3 is 1.91 bits per heavy atom. The SMILES string of the molecule is CN(CCCCCCc1cccc(OCCCC(=O)O)c1CCC(=O)O)c1cc(-c2ccccc2F)cc(-c2ccccc2F)c1. The first-order chi connectivity index (χ1) is 22.2. The van der Waals surface area contributed by atoms with E-state index < -0.39 is 11.9 Å². The predicted molar refractivity (Wildman–Crippen MR) is 177 cm³/mol. The summed E-state index contributed by atoms with van der Waals surface area (Å²) in [6, 6.07) is 24.6. The largest absolute Gasteiger partial charge is 0.493 e. The smallest absolute Gasteiger partial charge is 0.303 e. The molecule has 0 saturated carbocycles. The molecule has 2 N–H and O–H groups in total. The fourth-order valence-electron chi connectivity index (χ4n) is 5.58. The zero-order chi connectivity index (χ0) is 32.9. The molecule has 0 aliphatic heterocycles. The number of hydrogen-bond acceptors (Lipinski definition) is 4. The Hall–Kier alpha value is -4.72. The summed E-state index contributed by atoms with van der Waals surface area (Å²) in [6.45, 7) is 1.02. The van der Waals surface area contributed by atoms with E-state index in [9.17, 15) is 23.5 Å². The Balaban J connectivity index is 1.37. The van der Waals surface area contributed by atoms with Crippen LogP contribution in [-0.2, 0) is 22.4 Å². The monoisotopic (exact) mass is 629 g/mol. The van der Waals surface area contributed by atoms with Gasteiger partial charge in [0.25, 0.3) is 0 Å². The van der Waals surface area contributed by atoms with Crippen LogP contribution in [0.4, 0.5) is 14.5 Å². The molecule has 0 radical (unpaired) electrons. The number of aliphatic carboxylic acids is 2. The lowest BCUT2D eigenvalue weighted by molar-refractivity contribution is -0.138. The van der Waals surface area contributed by atoms with Gasteiger partial charge < -0.3 is 19.8 Å². The highest BCUT2D eigenvalue weighted by molar-refractivity contribution is 5.79. The minimum atomic E-state index is -0.879. The first kappa shape index (κ1) is 34.2. The average Bonchev–Trinajstić information content (AvgIpc) is 3.04. The molecule has 0 bridgehead atoms. The van der Waals surface area contributed by atoms with Crippen molar-refractivity contribution in [1.29, 1.82) is 0 Å². The number of ether oxygens (including phenoxy) is 1. The number of aryl methyl sites for hydroxylation is 1. The summed E-state index contributed by atoms with van der Waals surface area (Å²) < 4.78 is 35.3. The molecule has 4 aromatic rings. The van der Waals surface area contributed by atoms with Crippen molar-refractivity contribution in [3.8, 4) is 28.0 Å². The molecule has 242 valence electrons. The molecule has 8 heteroatoms. The van der Waals surface area contributed by atoms with Gasteiger partial charge in [-0.3, -0.25) is 9.59 Å². The third kappa shape index (κ3) is 9.89. The summed E-state index contributed by atoms with van der Waals surface area (Å²) in [4.78, 5) is 24.2. The van der Waals surface area contributed by atoms with Crippen LogP contribution in [0.3, 0.4) is 0 Å². The van der Waals surface area contributed by atoms with Crippen molar-refractivity contribution in [2.24, 2.45) is 0 Å². The number of unbranched alkanes of at least 4 members (excludes halogenated alkanes) is 3. The number of hydrogen-bond donors (Lipinski definition) is 2. The van der Waals surface area contributed by atoms with E-state index in [4.69, 9.17) is 9.84 Å². The topological polar surface area (TPSA) is 87.1 Å². The average molecular weight is 630 g/mol. The van der Waals surface area contributed by atoms with Crippen molar-refractivity contribution < 1.29 is 33.3 Å². The van der Waals surface area contributed by atoms with E-state index in [2.05, 4.69) is 4.90 Å². The Morgan fingerprint density at radius 2 is 1.30 bits per heavy atom. The number of anilines is 1. The molecule has 0 aliphatic carbocycles. The maximum absolute atomic E-state index is 14.7. The Kier molecular flexibility index (Phi) is 12.7. The van der Waals surface area contributed by atoms with Crippen LogP contribution in [-0.4, -0.2) is 42.4 Å². The quantitative estimate of drug-likeness (QED) is 0.107. The lowest BCUT2D eigenvalue weighted by Gasteiger charge is -2.22. The minimum Gasteiger partial charge on any atom is -0.493 e. The van der Waals surface area contributed by atoms with E-state index in [1.807, 2.05) is 43.4 Å². The number of carboxylic acid groups (broad SMARTS) is 2. The molecule has 0 atom stereocenters. The molecule has 4 rings (SSSR count). The van der Waals surface area contributed by atoms with Gasteiger partial charge in [-0.05, 0) is 90.8 Å². The van der Waals surface area contributed by atoms with E-state index in [1.165, 1.54) is 12.1 Å². The van der Waals surface area contributed by atoms with Gasteiger partial charge >= 0.3 is 11.9 Å². The van der Waals surface area contributed by atoms with Crippen molar-refractivity contribution in [1.82, 2.24) is 0 Å². The summed E-state index contributed by atoms with van der Waals surface area (Å²) in [7, 11) is 1.99. The number of benzene rings is 4. The van der Waals surface area contributed by atoms with Gasteiger partial charge in [0.15, 0.2) is 0 Å². The lowest BCUT2D eigenvalue weighted by atomic mass is 9.96. The molecule has 46 heavy (non-hydrogen) atoms. The van der Waals surface area contributed by atoms with Gasteiger partial charge in [0.1, 0.15) is 17.4 Å². The summed E-state index contributed by atoms with van der Waals surface area (Å²) in [6.07, 6.45) is 5.33. The summed E-state index contributed by atoms with van der Waals surface area (Å²) in [5.41, 5.74) is 5.11. The van der Waals surface area contributed by atoms with E-state index in [-0.39, 0.29) is 31.1 Å². The molecular formula is C38H41F2NO5. The van der Waals surface area contributed by atoms with Crippen LogP contribution in [0, 0.1) is 11.6 Å². The molecule has 0 fully saturated rings. The first-order valence-electron chi connectivity index (χ1n) is 15.8. The number of nitrogens with zero attached hydrogens (tertiary/aromatic N) is 1. The second-order valence-electron chi connectivity index (χ2n) is 11.4. The summed E-state index contributed by atoms with van der Waals surface area (Å²) in [5.74, 6) is -1.79. The predicted octanol–water partition coefficient (Wildman–Crippen LogP) is 8.80. The highest BCUT2D eigenvalue weighted by Crippen LogP contribution is 2.34. The third-order valence-corrected chi connectivity index (χ3v) is 8.03. The molecule has 0 unspecified atom stereocenters. The second kappa shape index (κ2) is 17.1. The highest BCUT2D eigenvalue weighted by Gasteiger charge is 2.14. The minimum absolute atomic E-state index is 0.00836. The normalized spacial score (nSPS) is 10.9. The molecular weight excluding hydrogens is 588 g/mol. The Labute approximate surface area is 269 Å². The van der Waals surface area contributed by atoms with Gasteiger partial charge in [0.05, 0.1) is 6.61 Å². The van der Waals surface area contributed by atoms with Crippen molar-refractivity contribution in [2.75, 3.05) is 25.1 Å². The van der Waals surface area contributed by atoms with Crippen LogP contribution in [0.15, 0.2) is 84.9 Å². The van der Waals surface area contributed by atoms with Crippen LogP contribution in [0.5, 0.6) is 5.75 Å². The fraction of sp³-hybridized carbons (Fsp3) is 0.316. The van der Waals surface area contributed by atoms with Crippen LogP contribution in [0.1, 0.15) is 56.1 Å². The summed E-state index contributed by atoms with van der Waals surface area (Å²) in [5, 5.41) is 18.1.